The number of carbonyl (C=O) groups is 3. The molecular formula is C61H108O6. The van der Waals surface area contributed by atoms with Gasteiger partial charge in [-0.15, -0.1) is 0 Å². The minimum absolute atomic E-state index is 0.0946. The Morgan fingerprint density at radius 2 is 0.612 bits per heavy atom. The molecule has 0 aromatic heterocycles. The van der Waals surface area contributed by atoms with Crippen LogP contribution in [0.1, 0.15) is 290 Å². The van der Waals surface area contributed by atoms with Crippen LogP contribution in [0.25, 0.3) is 0 Å². The van der Waals surface area contributed by atoms with Crippen molar-refractivity contribution in [2.45, 2.75) is 297 Å². The first-order valence-corrected chi connectivity index (χ1v) is 28.8. The Labute approximate surface area is 415 Å². The van der Waals surface area contributed by atoms with E-state index in [4.69, 9.17) is 14.2 Å². The third-order valence-corrected chi connectivity index (χ3v) is 12.5. The molecule has 0 rings (SSSR count). The summed E-state index contributed by atoms with van der Waals surface area (Å²) in [6.07, 6.45) is 69.4. The van der Waals surface area contributed by atoms with E-state index in [2.05, 4.69) is 75.5 Å². The van der Waals surface area contributed by atoms with E-state index in [0.29, 0.717) is 19.3 Å². The van der Waals surface area contributed by atoms with Crippen molar-refractivity contribution in [3.8, 4) is 0 Å². The average molecular weight is 938 g/mol. The molecule has 0 heterocycles. The maximum Gasteiger partial charge on any atom is 0.306 e. The van der Waals surface area contributed by atoms with Crippen molar-refractivity contribution < 1.29 is 28.6 Å². The molecule has 0 saturated carbocycles. The van der Waals surface area contributed by atoms with Gasteiger partial charge in [0.2, 0.25) is 0 Å². The lowest BCUT2D eigenvalue weighted by Gasteiger charge is -2.18. The van der Waals surface area contributed by atoms with Crippen LogP contribution in [-0.2, 0) is 28.6 Å². The second-order valence-corrected chi connectivity index (χ2v) is 19.2. The summed E-state index contributed by atoms with van der Waals surface area (Å²) in [5, 5.41) is 0. The molecule has 0 saturated heterocycles. The van der Waals surface area contributed by atoms with Crippen LogP contribution in [0.5, 0.6) is 0 Å². The van der Waals surface area contributed by atoms with Crippen molar-refractivity contribution in [2.24, 2.45) is 0 Å². The molecule has 6 nitrogen and oxygen atoms in total. The number of unbranched alkanes of at least 4 members (excludes halogenated alkanes) is 31. The van der Waals surface area contributed by atoms with E-state index in [1.807, 2.05) is 6.08 Å². The summed E-state index contributed by atoms with van der Waals surface area (Å²) in [6, 6.07) is 0. The van der Waals surface area contributed by atoms with Crippen LogP contribution in [0.15, 0.2) is 60.8 Å². The molecule has 0 bridgehead atoms. The molecule has 67 heavy (non-hydrogen) atoms. The molecule has 0 aliphatic heterocycles. The topological polar surface area (TPSA) is 78.9 Å². The van der Waals surface area contributed by atoms with Gasteiger partial charge in [-0.25, -0.2) is 0 Å². The smallest absolute Gasteiger partial charge is 0.306 e. The van der Waals surface area contributed by atoms with Crippen LogP contribution < -0.4 is 0 Å². The third-order valence-electron chi connectivity index (χ3n) is 12.5. The van der Waals surface area contributed by atoms with Gasteiger partial charge in [-0.3, -0.25) is 14.4 Å². The Balaban J connectivity index is 4.38. The molecule has 1 atom stereocenters. The second-order valence-electron chi connectivity index (χ2n) is 19.2. The minimum atomic E-state index is -0.801. The molecule has 0 amide bonds. The van der Waals surface area contributed by atoms with Gasteiger partial charge in [-0.1, -0.05) is 261 Å². The fourth-order valence-corrected chi connectivity index (χ4v) is 8.22. The zero-order valence-corrected chi connectivity index (χ0v) is 44.4. The molecule has 0 aromatic carbocycles. The van der Waals surface area contributed by atoms with Crippen LogP contribution in [0.4, 0.5) is 0 Å². The zero-order chi connectivity index (χ0) is 48.6. The van der Waals surface area contributed by atoms with Gasteiger partial charge in [0.15, 0.2) is 6.10 Å². The first-order chi connectivity index (χ1) is 33.0. The summed E-state index contributed by atoms with van der Waals surface area (Å²) in [7, 11) is 0. The van der Waals surface area contributed by atoms with Crippen molar-refractivity contribution in [1.82, 2.24) is 0 Å². The van der Waals surface area contributed by atoms with Crippen LogP contribution in [0, 0.1) is 0 Å². The van der Waals surface area contributed by atoms with Gasteiger partial charge in [0.05, 0.1) is 0 Å². The van der Waals surface area contributed by atoms with Gasteiger partial charge >= 0.3 is 17.9 Å². The molecule has 0 aromatic rings. The number of esters is 3. The maximum absolute atomic E-state index is 12.8. The third kappa shape index (κ3) is 53.9. The number of hydrogen-bond donors (Lipinski definition) is 0. The molecule has 0 fully saturated rings. The summed E-state index contributed by atoms with van der Waals surface area (Å²) in [5.41, 5.74) is 0. The van der Waals surface area contributed by atoms with E-state index in [-0.39, 0.29) is 37.5 Å². The van der Waals surface area contributed by atoms with Gasteiger partial charge in [0.25, 0.3) is 0 Å². The number of rotatable bonds is 52. The molecule has 0 radical (unpaired) electrons. The molecule has 1 unspecified atom stereocenters. The summed E-state index contributed by atoms with van der Waals surface area (Å²) in [6.45, 7) is 6.49. The minimum Gasteiger partial charge on any atom is -0.462 e. The first kappa shape index (κ1) is 64.1. The predicted molar refractivity (Wildman–Crippen MR) is 288 cm³/mol. The Morgan fingerprint density at radius 1 is 0.313 bits per heavy atom. The lowest BCUT2D eigenvalue weighted by Crippen LogP contribution is -2.30. The predicted octanol–water partition coefficient (Wildman–Crippen LogP) is 19.2. The molecule has 388 valence electrons. The largest absolute Gasteiger partial charge is 0.462 e. The number of hydrogen-bond acceptors (Lipinski definition) is 6. The summed E-state index contributed by atoms with van der Waals surface area (Å²) < 4.78 is 16.8. The fraction of sp³-hybridized carbons (Fsp3) is 0.787. The zero-order valence-electron chi connectivity index (χ0n) is 44.4. The van der Waals surface area contributed by atoms with Crippen molar-refractivity contribution in [3.05, 3.63) is 60.8 Å². The molecule has 0 N–H and O–H groups in total. The van der Waals surface area contributed by atoms with Crippen LogP contribution in [0.3, 0.4) is 0 Å². The lowest BCUT2D eigenvalue weighted by molar-refractivity contribution is -0.166. The molecule has 0 aliphatic rings. The average Bonchev–Trinajstić information content (AvgIpc) is 3.33. The van der Waals surface area contributed by atoms with Crippen LogP contribution in [0.2, 0.25) is 0 Å². The lowest BCUT2D eigenvalue weighted by atomic mass is 10.0. The molecule has 0 spiro atoms. The standard InChI is InChI=1S/C61H108O6/c1-4-7-10-13-16-19-22-25-27-29-30-32-33-36-39-42-45-48-51-54-60(63)66-57-58(56-65-59(62)53-50-47-44-41-38-35-24-21-18-15-12-9-6-3)67-61(64)55-52-49-46-43-40-37-34-31-28-26-23-20-17-14-11-8-5-2/h9,12,18,21,25,27,35,38,44,47,58H,4-8,10-11,13-17,19-20,22-24,26,28-34,36-37,39-43,45-46,48-57H2,1-3H3/b12-9-,21-18-,27-25-,38-35-,47-44-. The SMILES string of the molecule is CC/C=C\C/C=C\C/C=C\C/C=C\CCC(=O)OCC(COC(=O)CCCCCCCCCCC/C=C\CCCCCCCC)OC(=O)CCCCCCCCCCCCCCCCCCC. The Morgan fingerprint density at radius 3 is 1.00 bits per heavy atom. The van der Waals surface area contributed by atoms with E-state index >= 15 is 0 Å². The summed E-state index contributed by atoms with van der Waals surface area (Å²) in [5.74, 6) is -0.969. The van der Waals surface area contributed by atoms with Crippen LogP contribution >= 0.6 is 0 Å². The van der Waals surface area contributed by atoms with E-state index in [1.54, 1.807) is 0 Å². The van der Waals surface area contributed by atoms with E-state index in [1.165, 1.54) is 180 Å². The Bertz CT molecular complexity index is 1210. The Hall–Kier alpha value is -2.89. The molecular weight excluding hydrogens is 829 g/mol. The monoisotopic (exact) mass is 937 g/mol. The van der Waals surface area contributed by atoms with E-state index < -0.39 is 6.10 Å². The highest BCUT2D eigenvalue weighted by atomic mass is 16.6. The van der Waals surface area contributed by atoms with Gasteiger partial charge in [-0.2, -0.15) is 0 Å². The normalized spacial score (nSPS) is 12.5. The van der Waals surface area contributed by atoms with E-state index in [9.17, 15) is 14.4 Å². The molecule has 0 aliphatic carbocycles. The number of allylic oxidation sites excluding steroid dienone is 10. The number of ether oxygens (including phenoxy) is 3. The second kappa shape index (κ2) is 55.7. The van der Waals surface area contributed by atoms with Crippen molar-refractivity contribution >= 4 is 17.9 Å². The van der Waals surface area contributed by atoms with Crippen molar-refractivity contribution in [1.29, 1.82) is 0 Å². The fourth-order valence-electron chi connectivity index (χ4n) is 8.22. The number of carbonyl (C=O) groups excluding carboxylic acids is 3. The highest BCUT2D eigenvalue weighted by Crippen LogP contribution is 2.16. The van der Waals surface area contributed by atoms with E-state index in [0.717, 1.165) is 64.2 Å². The van der Waals surface area contributed by atoms with Crippen molar-refractivity contribution in [3.63, 3.8) is 0 Å². The maximum atomic E-state index is 12.8. The van der Waals surface area contributed by atoms with Crippen LogP contribution in [-0.4, -0.2) is 37.2 Å². The Kier molecular flexibility index (Phi) is 53.3. The quantitative estimate of drug-likeness (QED) is 0.0262. The molecule has 6 heteroatoms. The first-order valence-electron chi connectivity index (χ1n) is 28.8. The van der Waals surface area contributed by atoms with Crippen molar-refractivity contribution in [2.75, 3.05) is 13.2 Å². The van der Waals surface area contributed by atoms with Gasteiger partial charge in [0.1, 0.15) is 13.2 Å². The van der Waals surface area contributed by atoms with Gasteiger partial charge < -0.3 is 14.2 Å². The highest BCUT2D eigenvalue weighted by Gasteiger charge is 2.19. The summed E-state index contributed by atoms with van der Waals surface area (Å²) >= 11 is 0. The highest BCUT2D eigenvalue weighted by molar-refractivity contribution is 5.71. The van der Waals surface area contributed by atoms with Gasteiger partial charge in [0, 0.05) is 19.3 Å². The summed E-state index contributed by atoms with van der Waals surface area (Å²) in [4.78, 5) is 38.1. The van der Waals surface area contributed by atoms with Gasteiger partial charge in [-0.05, 0) is 70.6 Å².